The van der Waals surface area contributed by atoms with Crippen molar-refractivity contribution >= 4 is 12.0 Å². The summed E-state index contributed by atoms with van der Waals surface area (Å²) in [5.41, 5.74) is -1.82. The molecule has 0 saturated heterocycles. The van der Waals surface area contributed by atoms with Gasteiger partial charge in [0.05, 0.1) is 11.1 Å². The van der Waals surface area contributed by atoms with E-state index >= 15 is 0 Å². The van der Waals surface area contributed by atoms with Gasteiger partial charge in [-0.1, -0.05) is 18.2 Å². The Kier molecular flexibility index (Phi) is 4.92. The summed E-state index contributed by atoms with van der Waals surface area (Å²) in [4.78, 5) is 10.5. The Labute approximate surface area is 138 Å². The second kappa shape index (κ2) is 6.62. The molecule has 0 fully saturated rings. The summed E-state index contributed by atoms with van der Waals surface area (Å²) in [5, 5.41) is 8.59. The van der Waals surface area contributed by atoms with Crippen LogP contribution in [0.5, 0.6) is 0 Å². The molecule has 2 aromatic carbocycles. The number of benzene rings is 2. The van der Waals surface area contributed by atoms with Crippen LogP contribution in [0.1, 0.15) is 16.7 Å². The Bertz CT molecular complexity index is 801. The highest BCUT2D eigenvalue weighted by atomic mass is 19.4. The highest BCUT2D eigenvalue weighted by Gasteiger charge is 2.33. The van der Waals surface area contributed by atoms with Gasteiger partial charge in [-0.2, -0.15) is 26.3 Å². The molecule has 1 N–H and O–H groups in total. The molecule has 0 amide bonds. The van der Waals surface area contributed by atoms with Crippen LogP contribution in [-0.2, 0) is 17.1 Å². The Morgan fingerprint density at radius 3 is 1.88 bits per heavy atom. The van der Waals surface area contributed by atoms with Crippen LogP contribution in [0.4, 0.5) is 26.3 Å². The summed E-state index contributed by atoms with van der Waals surface area (Å²) in [6.45, 7) is 0. The molecule has 2 nitrogen and oxygen atoms in total. The van der Waals surface area contributed by atoms with E-state index in [4.69, 9.17) is 5.11 Å². The monoisotopic (exact) mass is 360 g/mol. The highest BCUT2D eigenvalue weighted by Crippen LogP contribution is 2.36. The first-order valence-corrected chi connectivity index (χ1v) is 6.78. The Balaban J connectivity index is 2.49. The van der Waals surface area contributed by atoms with Crippen LogP contribution in [0, 0.1) is 0 Å². The molecular weight excluding hydrogens is 350 g/mol. The molecule has 0 bridgehead atoms. The number of carbonyl (C=O) groups is 1. The summed E-state index contributed by atoms with van der Waals surface area (Å²) in [7, 11) is 0. The third-order valence-corrected chi connectivity index (χ3v) is 3.31. The van der Waals surface area contributed by atoms with Gasteiger partial charge in [-0.25, -0.2) is 4.79 Å². The number of carboxylic acids is 1. The van der Waals surface area contributed by atoms with Gasteiger partial charge in [0, 0.05) is 6.08 Å². The van der Waals surface area contributed by atoms with Crippen molar-refractivity contribution in [3.8, 4) is 11.1 Å². The first-order valence-electron chi connectivity index (χ1n) is 6.78. The maximum atomic E-state index is 13.0. The van der Waals surface area contributed by atoms with Crippen molar-refractivity contribution in [2.24, 2.45) is 0 Å². The van der Waals surface area contributed by atoms with Crippen LogP contribution >= 0.6 is 0 Å². The minimum Gasteiger partial charge on any atom is -0.478 e. The van der Waals surface area contributed by atoms with Crippen molar-refractivity contribution in [2.45, 2.75) is 12.4 Å². The molecule has 0 saturated carbocycles. The molecule has 2 aromatic rings. The quantitative estimate of drug-likeness (QED) is 0.581. The van der Waals surface area contributed by atoms with Gasteiger partial charge < -0.3 is 5.11 Å². The molecule has 0 aliphatic carbocycles. The van der Waals surface area contributed by atoms with E-state index in [0.717, 1.165) is 48.5 Å². The summed E-state index contributed by atoms with van der Waals surface area (Å²) >= 11 is 0. The molecule has 0 radical (unpaired) electrons. The van der Waals surface area contributed by atoms with Gasteiger partial charge in [0.15, 0.2) is 0 Å². The maximum Gasteiger partial charge on any atom is 0.416 e. The maximum absolute atomic E-state index is 13.0. The number of carboxylic acid groups (broad SMARTS) is 1. The first-order chi connectivity index (χ1) is 11.5. The number of halogens is 6. The van der Waals surface area contributed by atoms with E-state index in [2.05, 4.69) is 0 Å². The predicted octanol–water partition coefficient (Wildman–Crippen LogP) is 5.49. The second-order valence-electron chi connectivity index (χ2n) is 5.05. The molecule has 0 spiro atoms. The van der Waals surface area contributed by atoms with Gasteiger partial charge >= 0.3 is 18.3 Å². The number of alkyl halides is 6. The molecule has 0 heterocycles. The molecule has 0 aliphatic heterocycles. The van der Waals surface area contributed by atoms with E-state index in [1.807, 2.05) is 0 Å². The second-order valence-corrected chi connectivity index (χ2v) is 5.05. The highest BCUT2D eigenvalue weighted by molar-refractivity contribution is 5.86. The summed E-state index contributed by atoms with van der Waals surface area (Å²) in [5.74, 6) is -1.42. The van der Waals surface area contributed by atoms with E-state index in [1.54, 1.807) is 0 Å². The molecular formula is C17H10F6O2. The van der Waals surface area contributed by atoms with Gasteiger partial charge in [0.2, 0.25) is 0 Å². The normalized spacial score (nSPS) is 12.6. The zero-order chi connectivity index (χ0) is 18.8. The standard InChI is InChI=1S/C17H10F6O2/c18-16(19,20)13-5-1-10(2-6-13)11-3-7-14(17(21,22)23)12(9-11)4-8-15(24)25/h1-9H,(H,24,25)/b8-4+. The summed E-state index contributed by atoms with van der Waals surface area (Å²) in [6.07, 6.45) is -7.87. The van der Waals surface area contributed by atoms with E-state index in [9.17, 15) is 31.1 Å². The first kappa shape index (κ1) is 18.6. The van der Waals surface area contributed by atoms with Crippen molar-refractivity contribution in [2.75, 3.05) is 0 Å². The van der Waals surface area contributed by atoms with Crippen LogP contribution in [0.15, 0.2) is 48.5 Å². The molecule has 0 aromatic heterocycles. The molecule has 132 valence electrons. The molecule has 8 heteroatoms. The van der Waals surface area contributed by atoms with Crippen LogP contribution in [-0.4, -0.2) is 11.1 Å². The Morgan fingerprint density at radius 1 is 0.840 bits per heavy atom. The lowest BCUT2D eigenvalue weighted by atomic mass is 9.97. The van der Waals surface area contributed by atoms with Crippen molar-refractivity contribution in [1.29, 1.82) is 0 Å². The smallest absolute Gasteiger partial charge is 0.416 e. The molecule has 0 atom stereocenters. The number of aliphatic carboxylic acids is 1. The average Bonchev–Trinajstić information content (AvgIpc) is 2.51. The summed E-state index contributed by atoms with van der Waals surface area (Å²) < 4.78 is 76.6. The third-order valence-electron chi connectivity index (χ3n) is 3.31. The SMILES string of the molecule is O=C(O)/C=C/c1cc(-c2ccc(C(F)(F)F)cc2)ccc1C(F)(F)F. The average molecular weight is 360 g/mol. The van der Waals surface area contributed by atoms with Crippen LogP contribution in [0.2, 0.25) is 0 Å². The van der Waals surface area contributed by atoms with Crippen LogP contribution in [0.25, 0.3) is 17.2 Å². The fraction of sp³-hybridized carbons (Fsp3) is 0.118. The minimum absolute atomic E-state index is 0.228. The lowest BCUT2D eigenvalue weighted by Gasteiger charge is -2.13. The lowest BCUT2D eigenvalue weighted by Crippen LogP contribution is -2.07. The fourth-order valence-corrected chi connectivity index (χ4v) is 2.15. The molecule has 0 unspecified atom stereocenters. The van der Waals surface area contributed by atoms with Gasteiger partial charge in [-0.3, -0.25) is 0 Å². The van der Waals surface area contributed by atoms with Crippen LogP contribution in [0.3, 0.4) is 0 Å². The van der Waals surface area contributed by atoms with E-state index in [1.165, 1.54) is 0 Å². The fourth-order valence-electron chi connectivity index (χ4n) is 2.15. The predicted molar refractivity (Wildman–Crippen MR) is 78.6 cm³/mol. The Hall–Kier alpha value is -2.77. The van der Waals surface area contributed by atoms with E-state index < -0.39 is 35.0 Å². The van der Waals surface area contributed by atoms with Crippen molar-refractivity contribution in [1.82, 2.24) is 0 Å². The third kappa shape index (κ3) is 4.62. The van der Waals surface area contributed by atoms with Crippen molar-refractivity contribution in [3.05, 3.63) is 65.2 Å². The molecule has 2 rings (SSSR count). The number of hydrogen-bond acceptors (Lipinski definition) is 1. The number of hydrogen-bond donors (Lipinski definition) is 1. The van der Waals surface area contributed by atoms with Gasteiger partial charge in [0.1, 0.15) is 0 Å². The van der Waals surface area contributed by atoms with Gasteiger partial charge in [-0.15, -0.1) is 0 Å². The van der Waals surface area contributed by atoms with Crippen molar-refractivity contribution < 1.29 is 36.2 Å². The van der Waals surface area contributed by atoms with Crippen LogP contribution < -0.4 is 0 Å². The largest absolute Gasteiger partial charge is 0.478 e. The zero-order valence-corrected chi connectivity index (χ0v) is 12.3. The lowest BCUT2D eigenvalue weighted by molar-refractivity contribution is -0.138. The van der Waals surface area contributed by atoms with E-state index in [0.29, 0.717) is 6.08 Å². The molecule has 25 heavy (non-hydrogen) atoms. The minimum atomic E-state index is -4.70. The van der Waals surface area contributed by atoms with E-state index in [-0.39, 0.29) is 11.1 Å². The molecule has 0 aliphatic rings. The number of rotatable bonds is 3. The van der Waals surface area contributed by atoms with Crippen molar-refractivity contribution in [3.63, 3.8) is 0 Å². The Morgan fingerprint density at radius 2 is 1.40 bits per heavy atom. The zero-order valence-electron chi connectivity index (χ0n) is 12.3. The summed E-state index contributed by atoms with van der Waals surface area (Å²) in [6, 6.07) is 6.86. The van der Waals surface area contributed by atoms with Gasteiger partial charge in [0.25, 0.3) is 0 Å². The topological polar surface area (TPSA) is 37.3 Å². The van der Waals surface area contributed by atoms with Gasteiger partial charge in [-0.05, 0) is 47.0 Å².